The van der Waals surface area contributed by atoms with E-state index >= 15 is 0 Å². The Morgan fingerprint density at radius 1 is 1.16 bits per heavy atom. The molecule has 0 aliphatic carbocycles. The zero-order valence-corrected chi connectivity index (χ0v) is 15.2. The molecule has 0 radical (unpaired) electrons. The average molecular weight is 435 g/mol. The van der Waals surface area contributed by atoms with Crippen LogP contribution in [0.1, 0.15) is 5.56 Å². The lowest BCUT2D eigenvalue weighted by Gasteiger charge is -2.10. The normalized spacial score (nSPS) is 11.7. The van der Waals surface area contributed by atoms with E-state index in [1.54, 1.807) is 12.1 Å². The molecular weight excluding hydrogens is 422 g/mol. The molecule has 2 rings (SSSR count). The third-order valence-electron chi connectivity index (χ3n) is 2.91. The average Bonchev–Trinajstić information content (AvgIpc) is 2.56. The maximum Gasteiger partial charge on any atom is 0.387 e. The van der Waals surface area contributed by atoms with Crippen molar-refractivity contribution in [2.45, 2.75) is 11.5 Å². The number of benzene rings is 2. The van der Waals surface area contributed by atoms with Gasteiger partial charge in [0.2, 0.25) is 0 Å². The van der Waals surface area contributed by atoms with Crippen LogP contribution in [-0.2, 0) is 10.0 Å². The van der Waals surface area contributed by atoms with Gasteiger partial charge in [-0.2, -0.15) is 22.3 Å². The molecule has 6 nitrogen and oxygen atoms in total. The van der Waals surface area contributed by atoms with Crippen molar-refractivity contribution in [2.75, 3.05) is 7.11 Å². The van der Waals surface area contributed by atoms with Gasteiger partial charge in [-0.15, -0.1) is 0 Å². The first-order chi connectivity index (χ1) is 11.8. The van der Waals surface area contributed by atoms with E-state index in [4.69, 9.17) is 4.74 Å². The summed E-state index contributed by atoms with van der Waals surface area (Å²) in [6.45, 7) is -2.98. The summed E-state index contributed by atoms with van der Waals surface area (Å²) < 4.78 is 58.7. The summed E-state index contributed by atoms with van der Waals surface area (Å²) in [6.07, 6.45) is 1.21. The summed E-state index contributed by atoms with van der Waals surface area (Å²) in [5.74, 6) is -0.0647. The molecule has 0 amide bonds. The molecule has 10 heteroatoms. The summed E-state index contributed by atoms with van der Waals surface area (Å²) in [4.78, 5) is 2.11. The lowest BCUT2D eigenvalue weighted by atomic mass is 10.2. The summed E-state index contributed by atoms with van der Waals surface area (Å²) in [5, 5.41) is 3.66. The van der Waals surface area contributed by atoms with Gasteiger partial charge in [0.25, 0.3) is 10.0 Å². The first-order valence-electron chi connectivity index (χ1n) is 6.75. The fourth-order valence-electron chi connectivity index (χ4n) is 1.79. The number of nitrogens with zero attached hydrogens (tertiary/aromatic N) is 1. The minimum atomic E-state index is -3.81. The highest BCUT2D eigenvalue weighted by Crippen LogP contribution is 2.28. The summed E-state index contributed by atoms with van der Waals surface area (Å²) >= 11 is 3.22. The number of sulfonamides is 1. The minimum absolute atomic E-state index is 0.0473. The molecule has 0 saturated heterocycles. The van der Waals surface area contributed by atoms with Crippen LogP contribution in [0.4, 0.5) is 8.78 Å². The van der Waals surface area contributed by atoms with Crippen LogP contribution in [0.3, 0.4) is 0 Å². The molecule has 0 aliphatic heterocycles. The molecule has 134 valence electrons. The van der Waals surface area contributed by atoms with Crippen molar-refractivity contribution >= 4 is 32.2 Å². The fraction of sp³-hybridized carbons (Fsp3) is 0.133. The Morgan fingerprint density at radius 3 is 2.44 bits per heavy atom. The maximum atomic E-state index is 12.3. The molecule has 0 aromatic heterocycles. The van der Waals surface area contributed by atoms with Crippen molar-refractivity contribution in [2.24, 2.45) is 5.10 Å². The van der Waals surface area contributed by atoms with Gasteiger partial charge in [0.15, 0.2) is 11.5 Å². The van der Waals surface area contributed by atoms with E-state index in [2.05, 4.69) is 30.6 Å². The second-order valence-electron chi connectivity index (χ2n) is 4.60. The number of hydrogen-bond donors (Lipinski definition) is 1. The van der Waals surface area contributed by atoms with Crippen LogP contribution in [0.15, 0.2) is 56.9 Å². The topological polar surface area (TPSA) is 77.0 Å². The number of halogens is 3. The molecule has 0 atom stereocenters. The van der Waals surface area contributed by atoms with Crippen LogP contribution in [-0.4, -0.2) is 28.4 Å². The molecule has 25 heavy (non-hydrogen) atoms. The summed E-state index contributed by atoms with van der Waals surface area (Å²) in [7, 11) is -2.51. The van der Waals surface area contributed by atoms with Crippen molar-refractivity contribution in [3.8, 4) is 11.5 Å². The Morgan fingerprint density at radius 2 is 1.84 bits per heavy atom. The molecule has 2 aromatic carbocycles. The highest BCUT2D eigenvalue weighted by atomic mass is 79.9. The standard InChI is InChI=1S/C15H13BrF2N2O4S/c1-23-14-8-10(2-7-13(14)24-15(17)18)9-19-20-25(21,22)12-5-3-11(16)4-6-12/h2-9,15,20H,1H3/b19-9-. The first kappa shape index (κ1) is 19.1. The van der Waals surface area contributed by atoms with Gasteiger partial charge in [-0.3, -0.25) is 0 Å². The van der Waals surface area contributed by atoms with Crippen LogP contribution in [0.5, 0.6) is 11.5 Å². The van der Waals surface area contributed by atoms with E-state index in [1.807, 2.05) is 0 Å². The van der Waals surface area contributed by atoms with Gasteiger partial charge in [-0.05, 0) is 48.0 Å². The van der Waals surface area contributed by atoms with E-state index in [0.29, 0.717) is 5.56 Å². The molecule has 0 fully saturated rings. The van der Waals surface area contributed by atoms with Crippen LogP contribution < -0.4 is 14.3 Å². The van der Waals surface area contributed by atoms with E-state index < -0.39 is 16.6 Å². The number of hydrogen-bond acceptors (Lipinski definition) is 5. The predicted molar refractivity (Wildman–Crippen MR) is 91.7 cm³/mol. The number of hydrazone groups is 1. The van der Waals surface area contributed by atoms with E-state index in [-0.39, 0.29) is 16.4 Å². The second-order valence-corrected chi connectivity index (χ2v) is 7.17. The van der Waals surface area contributed by atoms with Crippen molar-refractivity contribution in [1.29, 1.82) is 0 Å². The highest BCUT2D eigenvalue weighted by Gasteiger charge is 2.13. The van der Waals surface area contributed by atoms with Crippen LogP contribution in [0.2, 0.25) is 0 Å². The molecule has 0 aliphatic rings. The van der Waals surface area contributed by atoms with Gasteiger partial charge in [0.05, 0.1) is 18.2 Å². The monoisotopic (exact) mass is 434 g/mol. The Kier molecular flexibility index (Phi) is 6.32. The molecule has 0 heterocycles. The largest absolute Gasteiger partial charge is 0.493 e. The number of nitrogens with one attached hydrogen (secondary N) is 1. The molecular formula is C15H13BrF2N2O4S. The van der Waals surface area contributed by atoms with Crippen LogP contribution >= 0.6 is 15.9 Å². The van der Waals surface area contributed by atoms with E-state index in [1.165, 1.54) is 43.7 Å². The smallest absolute Gasteiger partial charge is 0.387 e. The maximum absolute atomic E-state index is 12.3. The molecule has 0 spiro atoms. The lowest BCUT2D eigenvalue weighted by Crippen LogP contribution is -2.18. The van der Waals surface area contributed by atoms with E-state index in [0.717, 1.165) is 4.47 Å². The predicted octanol–water partition coefficient (Wildman–Crippen LogP) is 3.37. The van der Waals surface area contributed by atoms with E-state index in [9.17, 15) is 17.2 Å². The van der Waals surface area contributed by atoms with Gasteiger partial charge in [0, 0.05) is 4.47 Å². The second kappa shape index (κ2) is 8.26. The van der Waals surface area contributed by atoms with Crippen LogP contribution in [0.25, 0.3) is 0 Å². The Bertz CT molecular complexity index is 858. The zero-order chi connectivity index (χ0) is 18.4. The third kappa shape index (κ3) is 5.40. The molecule has 0 saturated carbocycles. The highest BCUT2D eigenvalue weighted by molar-refractivity contribution is 9.10. The number of ether oxygens (including phenoxy) is 2. The van der Waals surface area contributed by atoms with Gasteiger partial charge in [-0.1, -0.05) is 15.9 Å². The van der Waals surface area contributed by atoms with Gasteiger partial charge in [0.1, 0.15) is 0 Å². The Hall–Kier alpha value is -2.20. The number of methoxy groups -OCH3 is 1. The third-order valence-corrected chi connectivity index (χ3v) is 4.68. The molecule has 1 N–H and O–H groups in total. The van der Waals surface area contributed by atoms with Crippen LogP contribution in [0, 0.1) is 0 Å². The first-order valence-corrected chi connectivity index (χ1v) is 9.03. The van der Waals surface area contributed by atoms with Crippen molar-refractivity contribution in [3.05, 3.63) is 52.5 Å². The zero-order valence-electron chi connectivity index (χ0n) is 12.8. The van der Waals surface area contributed by atoms with Gasteiger partial charge >= 0.3 is 6.61 Å². The lowest BCUT2D eigenvalue weighted by molar-refractivity contribution is -0.0512. The summed E-state index contributed by atoms with van der Waals surface area (Å²) in [5.41, 5.74) is 0.428. The Labute approximate surface area is 151 Å². The quantitative estimate of drug-likeness (QED) is 0.535. The fourth-order valence-corrected chi connectivity index (χ4v) is 2.85. The molecule has 0 bridgehead atoms. The van der Waals surface area contributed by atoms with Gasteiger partial charge < -0.3 is 9.47 Å². The van der Waals surface area contributed by atoms with Crippen molar-refractivity contribution in [1.82, 2.24) is 4.83 Å². The van der Waals surface area contributed by atoms with Gasteiger partial charge in [-0.25, -0.2) is 4.83 Å². The van der Waals surface area contributed by atoms with Crippen molar-refractivity contribution < 1.29 is 26.7 Å². The number of rotatable bonds is 7. The van der Waals surface area contributed by atoms with Crippen molar-refractivity contribution in [3.63, 3.8) is 0 Å². The summed E-state index contributed by atoms with van der Waals surface area (Å²) in [6, 6.07) is 10.1. The SMILES string of the molecule is COc1cc(/C=N\NS(=O)(=O)c2ccc(Br)cc2)ccc1OC(F)F. The Balaban J connectivity index is 2.12. The molecule has 2 aromatic rings. The minimum Gasteiger partial charge on any atom is -0.493 e. The molecule has 0 unspecified atom stereocenters. The number of alkyl halides is 2.